The fraction of sp³-hybridized carbons (Fsp3) is 0.417. The van der Waals surface area contributed by atoms with Gasteiger partial charge in [-0.15, -0.1) is 13.2 Å². The topological polar surface area (TPSA) is 29.4 Å². The second-order valence-electron chi connectivity index (χ2n) is 8.01. The number of thioether (sulfide) groups is 1. The number of nitrogens with one attached hydrogen (secondary N) is 1. The molecule has 1 saturated heterocycles. The van der Waals surface area contributed by atoms with Gasteiger partial charge in [0.2, 0.25) is 0 Å². The van der Waals surface area contributed by atoms with Crippen molar-refractivity contribution in [1.82, 2.24) is 14.8 Å². The molecule has 0 amide bonds. The first-order valence-electron chi connectivity index (χ1n) is 10.9. The number of aryl methyl sites for hydroxylation is 1. The van der Waals surface area contributed by atoms with Crippen molar-refractivity contribution in [3.05, 3.63) is 54.2 Å². The summed E-state index contributed by atoms with van der Waals surface area (Å²) in [7, 11) is 1.94. The summed E-state index contributed by atoms with van der Waals surface area (Å²) >= 11 is 2.00. The fourth-order valence-corrected chi connectivity index (χ4v) is 5.12. The highest BCUT2D eigenvalue weighted by molar-refractivity contribution is 7.99. The maximum absolute atomic E-state index is 12.5. The first kappa shape index (κ1) is 23.0. The normalized spacial score (nSPS) is 15.4. The summed E-state index contributed by atoms with van der Waals surface area (Å²) in [6.07, 6.45) is -1.58. The third-order valence-electron chi connectivity index (χ3n) is 5.68. The maximum atomic E-state index is 12.5. The Hall–Kier alpha value is -2.16. The van der Waals surface area contributed by atoms with Crippen LogP contribution in [0.4, 0.5) is 13.2 Å². The molecule has 4 nitrogen and oxygen atoms in total. The Kier molecular flexibility index (Phi) is 7.33. The molecule has 2 aromatic carbocycles. The molecule has 1 aliphatic rings. The van der Waals surface area contributed by atoms with E-state index < -0.39 is 6.36 Å². The van der Waals surface area contributed by atoms with Crippen molar-refractivity contribution in [2.24, 2.45) is 0 Å². The van der Waals surface area contributed by atoms with E-state index in [1.54, 1.807) is 12.1 Å². The van der Waals surface area contributed by atoms with Gasteiger partial charge in [-0.1, -0.05) is 18.2 Å². The van der Waals surface area contributed by atoms with Gasteiger partial charge in [0.25, 0.3) is 0 Å². The molecule has 1 aliphatic heterocycles. The average Bonchev–Trinajstić information content (AvgIpc) is 3.12. The van der Waals surface area contributed by atoms with Crippen LogP contribution in [0.5, 0.6) is 5.75 Å². The summed E-state index contributed by atoms with van der Waals surface area (Å²) < 4.78 is 43.8. The van der Waals surface area contributed by atoms with E-state index in [9.17, 15) is 13.2 Å². The zero-order valence-corrected chi connectivity index (χ0v) is 18.9. The van der Waals surface area contributed by atoms with Crippen molar-refractivity contribution in [3.63, 3.8) is 0 Å². The van der Waals surface area contributed by atoms with Crippen LogP contribution in [0, 0.1) is 0 Å². The molecular formula is C24H28F3N3OS. The number of nitrogens with zero attached hydrogens (tertiary/aromatic N) is 2. The van der Waals surface area contributed by atoms with Crippen LogP contribution in [-0.2, 0) is 13.1 Å². The number of alkyl halides is 3. The minimum Gasteiger partial charge on any atom is -0.406 e. The highest BCUT2D eigenvalue weighted by atomic mass is 32.2. The lowest BCUT2D eigenvalue weighted by Crippen LogP contribution is -2.31. The number of aromatic nitrogens is 1. The Morgan fingerprint density at radius 3 is 2.50 bits per heavy atom. The van der Waals surface area contributed by atoms with Crippen LogP contribution in [0.15, 0.2) is 48.7 Å². The van der Waals surface area contributed by atoms with Gasteiger partial charge in [0.05, 0.1) is 0 Å². The first-order chi connectivity index (χ1) is 15.4. The molecule has 0 aliphatic carbocycles. The molecule has 32 heavy (non-hydrogen) atoms. The first-order valence-corrected chi connectivity index (χ1v) is 12.0. The Bertz CT molecular complexity index is 1030. The van der Waals surface area contributed by atoms with Gasteiger partial charge in [-0.05, 0) is 55.4 Å². The second-order valence-corrected chi connectivity index (χ2v) is 9.23. The molecule has 0 saturated carbocycles. The van der Waals surface area contributed by atoms with Crippen molar-refractivity contribution in [3.8, 4) is 16.9 Å². The molecule has 1 aromatic heterocycles. The van der Waals surface area contributed by atoms with Crippen molar-refractivity contribution >= 4 is 22.7 Å². The van der Waals surface area contributed by atoms with E-state index in [1.807, 2.05) is 18.8 Å². The molecule has 8 heteroatoms. The van der Waals surface area contributed by atoms with E-state index in [0.717, 1.165) is 61.2 Å². The summed E-state index contributed by atoms with van der Waals surface area (Å²) in [5.41, 5.74) is 4.31. The van der Waals surface area contributed by atoms with Crippen molar-refractivity contribution in [1.29, 1.82) is 0 Å². The lowest BCUT2D eigenvalue weighted by atomic mass is 10.0. The van der Waals surface area contributed by atoms with Gasteiger partial charge in [0.15, 0.2) is 0 Å². The predicted molar refractivity (Wildman–Crippen MR) is 125 cm³/mol. The average molecular weight is 464 g/mol. The number of hydrogen-bond donors (Lipinski definition) is 1. The monoisotopic (exact) mass is 463 g/mol. The summed E-state index contributed by atoms with van der Waals surface area (Å²) in [5, 5.41) is 4.31. The highest BCUT2D eigenvalue weighted by Gasteiger charge is 2.31. The molecule has 1 fully saturated rings. The van der Waals surface area contributed by atoms with E-state index in [-0.39, 0.29) is 5.75 Å². The van der Waals surface area contributed by atoms with Crippen LogP contribution in [0.2, 0.25) is 0 Å². The Balaban J connectivity index is 1.66. The minimum atomic E-state index is -4.69. The molecule has 0 atom stereocenters. The maximum Gasteiger partial charge on any atom is 0.573 e. The van der Waals surface area contributed by atoms with Crippen molar-refractivity contribution in [2.45, 2.75) is 25.9 Å². The van der Waals surface area contributed by atoms with Crippen LogP contribution in [0.25, 0.3) is 22.0 Å². The number of ether oxygens (including phenoxy) is 1. The molecule has 2 heterocycles. The van der Waals surface area contributed by atoms with Crippen LogP contribution in [0.3, 0.4) is 0 Å². The van der Waals surface area contributed by atoms with E-state index in [1.165, 1.54) is 29.2 Å². The Morgan fingerprint density at radius 2 is 1.81 bits per heavy atom. The van der Waals surface area contributed by atoms with Gasteiger partial charge in [-0.3, -0.25) is 4.90 Å². The summed E-state index contributed by atoms with van der Waals surface area (Å²) in [5.74, 6) is 2.13. The van der Waals surface area contributed by atoms with Gasteiger partial charge in [0.1, 0.15) is 5.75 Å². The largest absolute Gasteiger partial charge is 0.573 e. The molecule has 0 bridgehead atoms. The SMILES string of the molecule is CNCCCn1cc(-c2ccc(OC(F)(F)F)cc2)c2cc(CN3CCSCC3)ccc21. The zero-order chi connectivity index (χ0) is 22.6. The number of halogens is 3. The quantitative estimate of drug-likeness (QED) is 0.455. The molecule has 0 unspecified atom stereocenters. The van der Waals surface area contributed by atoms with Gasteiger partial charge >= 0.3 is 6.36 Å². The third-order valence-corrected chi connectivity index (χ3v) is 6.62. The van der Waals surface area contributed by atoms with Crippen LogP contribution >= 0.6 is 11.8 Å². The van der Waals surface area contributed by atoms with E-state index >= 15 is 0 Å². The standard InChI is InChI=1S/C24H28F3N3OS/c1-28-9-2-10-30-17-22(19-4-6-20(7-5-19)31-24(25,26)27)21-15-18(3-8-23(21)30)16-29-11-13-32-14-12-29/h3-8,15,17,28H,2,9-14,16H2,1H3. The summed E-state index contributed by atoms with van der Waals surface area (Å²) in [6, 6.07) is 12.8. The van der Waals surface area contributed by atoms with Crippen LogP contribution in [0.1, 0.15) is 12.0 Å². The van der Waals surface area contributed by atoms with E-state index in [0.29, 0.717) is 0 Å². The Labute approximate surface area is 190 Å². The Morgan fingerprint density at radius 1 is 1.06 bits per heavy atom. The summed E-state index contributed by atoms with van der Waals surface area (Å²) in [6.45, 7) is 4.90. The summed E-state index contributed by atoms with van der Waals surface area (Å²) in [4.78, 5) is 2.48. The zero-order valence-electron chi connectivity index (χ0n) is 18.1. The minimum absolute atomic E-state index is 0.206. The molecular weight excluding hydrogens is 435 g/mol. The van der Waals surface area contributed by atoms with Gasteiger partial charge in [0, 0.05) is 60.3 Å². The lowest BCUT2D eigenvalue weighted by Gasteiger charge is -2.26. The molecule has 0 radical (unpaired) electrons. The van der Waals surface area contributed by atoms with Gasteiger partial charge in [-0.25, -0.2) is 0 Å². The molecule has 0 spiro atoms. The predicted octanol–water partition coefficient (Wildman–Crippen LogP) is 5.37. The number of rotatable bonds is 8. The number of fused-ring (bicyclic) bond motifs is 1. The smallest absolute Gasteiger partial charge is 0.406 e. The van der Waals surface area contributed by atoms with Crippen molar-refractivity contribution < 1.29 is 17.9 Å². The number of benzene rings is 2. The second kappa shape index (κ2) is 10.2. The van der Waals surface area contributed by atoms with Crippen LogP contribution in [-0.4, -0.2) is 54.0 Å². The molecule has 1 N–H and O–H groups in total. The van der Waals surface area contributed by atoms with Crippen molar-refractivity contribution in [2.75, 3.05) is 38.2 Å². The molecule has 3 aromatic rings. The lowest BCUT2D eigenvalue weighted by molar-refractivity contribution is -0.274. The van der Waals surface area contributed by atoms with E-state index in [2.05, 4.69) is 43.9 Å². The molecule has 172 valence electrons. The van der Waals surface area contributed by atoms with E-state index in [4.69, 9.17) is 0 Å². The molecule has 4 rings (SSSR count). The number of hydrogen-bond acceptors (Lipinski definition) is 4. The highest BCUT2D eigenvalue weighted by Crippen LogP contribution is 2.34. The van der Waals surface area contributed by atoms with Gasteiger partial charge < -0.3 is 14.6 Å². The third kappa shape index (κ3) is 5.79. The van der Waals surface area contributed by atoms with Gasteiger partial charge in [-0.2, -0.15) is 11.8 Å². The fourth-order valence-electron chi connectivity index (χ4n) is 4.14. The van der Waals surface area contributed by atoms with Crippen LogP contribution < -0.4 is 10.1 Å².